The third-order valence-electron chi connectivity index (χ3n) is 2.52. The summed E-state index contributed by atoms with van der Waals surface area (Å²) in [5.74, 6) is -1.01. The van der Waals surface area contributed by atoms with Crippen molar-refractivity contribution in [3.63, 3.8) is 0 Å². The highest BCUT2D eigenvalue weighted by atomic mass is 32.1. The van der Waals surface area contributed by atoms with E-state index < -0.39 is 12.0 Å². The Labute approximate surface area is 88.5 Å². The predicted octanol–water partition coefficient (Wildman–Crippen LogP) is 0.676. The van der Waals surface area contributed by atoms with Crippen molar-refractivity contribution >= 4 is 24.5 Å². The number of carbonyl (C=O) groups excluding carboxylic acids is 1. The lowest BCUT2D eigenvalue weighted by atomic mass is 10.1. The van der Waals surface area contributed by atoms with Crippen LogP contribution in [0.4, 0.5) is 0 Å². The number of hydrogen-bond acceptors (Lipinski definition) is 3. The Hall–Kier alpha value is -0.710. The predicted molar refractivity (Wildman–Crippen MR) is 55.4 cm³/mol. The van der Waals surface area contributed by atoms with E-state index in [0.717, 1.165) is 25.7 Å². The first kappa shape index (κ1) is 11.4. The molecule has 1 saturated carbocycles. The van der Waals surface area contributed by atoms with Crippen LogP contribution < -0.4 is 5.32 Å². The van der Waals surface area contributed by atoms with Crippen molar-refractivity contribution in [1.29, 1.82) is 0 Å². The molecule has 0 aromatic carbocycles. The number of nitrogens with one attached hydrogen (secondary N) is 1. The van der Waals surface area contributed by atoms with Crippen molar-refractivity contribution in [2.24, 2.45) is 5.92 Å². The van der Waals surface area contributed by atoms with Crippen LogP contribution in [0.5, 0.6) is 0 Å². The fraction of sp³-hybridized carbons (Fsp3) is 0.778. The fourth-order valence-electron chi connectivity index (χ4n) is 1.66. The van der Waals surface area contributed by atoms with E-state index in [1.54, 1.807) is 0 Å². The zero-order chi connectivity index (χ0) is 10.6. The minimum absolute atomic E-state index is 0.0109. The van der Waals surface area contributed by atoms with Crippen LogP contribution >= 0.6 is 12.6 Å². The maximum absolute atomic E-state index is 11.5. The number of carboxylic acids is 1. The largest absolute Gasteiger partial charge is 0.480 e. The zero-order valence-electron chi connectivity index (χ0n) is 7.90. The molecule has 1 aliphatic rings. The maximum atomic E-state index is 11.5. The Balaban J connectivity index is 2.41. The second-order valence-corrected chi connectivity index (χ2v) is 3.93. The average Bonchev–Trinajstić information content (AvgIpc) is 2.65. The minimum Gasteiger partial charge on any atom is -0.480 e. The quantitative estimate of drug-likeness (QED) is 0.606. The molecular formula is C9H15NO3S. The van der Waals surface area contributed by atoms with Crippen molar-refractivity contribution in [3.8, 4) is 0 Å². The van der Waals surface area contributed by atoms with Crippen LogP contribution in [0.2, 0.25) is 0 Å². The summed E-state index contributed by atoms with van der Waals surface area (Å²) < 4.78 is 0. The van der Waals surface area contributed by atoms with Crippen molar-refractivity contribution in [2.45, 2.75) is 31.7 Å². The number of rotatable bonds is 4. The summed E-state index contributed by atoms with van der Waals surface area (Å²) in [5.41, 5.74) is 0. The molecule has 0 radical (unpaired) electrons. The third-order valence-corrected chi connectivity index (χ3v) is 2.89. The highest BCUT2D eigenvalue weighted by Gasteiger charge is 2.26. The molecule has 4 nitrogen and oxygen atoms in total. The minimum atomic E-state index is -1.02. The topological polar surface area (TPSA) is 66.4 Å². The van der Waals surface area contributed by atoms with Crippen LogP contribution in [0.25, 0.3) is 0 Å². The molecular weight excluding hydrogens is 202 g/mol. The Kier molecular flexibility index (Phi) is 4.25. The number of amides is 1. The summed E-state index contributed by atoms with van der Waals surface area (Å²) >= 11 is 3.88. The molecule has 14 heavy (non-hydrogen) atoms. The van der Waals surface area contributed by atoms with E-state index in [1.807, 2.05) is 0 Å². The van der Waals surface area contributed by atoms with Gasteiger partial charge in [0.15, 0.2) is 0 Å². The fourth-order valence-corrected chi connectivity index (χ4v) is 1.91. The second kappa shape index (κ2) is 5.24. The molecule has 1 unspecified atom stereocenters. The summed E-state index contributed by atoms with van der Waals surface area (Å²) in [5, 5.41) is 11.2. The number of carboxylic acid groups (broad SMARTS) is 1. The number of hydrogen-bond donors (Lipinski definition) is 3. The number of aliphatic carboxylic acids is 1. The average molecular weight is 217 g/mol. The van der Waals surface area contributed by atoms with Crippen molar-refractivity contribution < 1.29 is 14.7 Å². The van der Waals surface area contributed by atoms with Gasteiger partial charge < -0.3 is 10.4 Å². The smallest absolute Gasteiger partial charge is 0.327 e. The van der Waals surface area contributed by atoms with Gasteiger partial charge in [0.1, 0.15) is 6.04 Å². The van der Waals surface area contributed by atoms with E-state index in [9.17, 15) is 9.59 Å². The maximum Gasteiger partial charge on any atom is 0.327 e. The summed E-state index contributed by atoms with van der Waals surface area (Å²) in [6.07, 6.45) is 3.89. The molecule has 0 spiro atoms. The Morgan fingerprint density at radius 1 is 1.43 bits per heavy atom. The van der Waals surface area contributed by atoms with Crippen LogP contribution in [0.1, 0.15) is 25.7 Å². The van der Waals surface area contributed by atoms with Gasteiger partial charge in [0.05, 0.1) is 0 Å². The van der Waals surface area contributed by atoms with Gasteiger partial charge in [0.2, 0.25) is 5.91 Å². The van der Waals surface area contributed by atoms with Crippen LogP contribution in [0.15, 0.2) is 0 Å². The van der Waals surface area contributed by atoms with Crippen LogP contribution in [-0.4, -0.2) is 28.8 Å². The van der Waals surface area contributed by atoms with E-state index in [4.69, 9.17) is 5.11 Å². The first-order valence-electron chi connectivity index (χ1n) is 4.79. The van der Waals surface area contributed by atoms with Crippen molar-refractivity contribution in [2.75, 3.05) is 5.75 Å². The first-order valence-corrected chi connectivity index (χ1v) is 5.42. The van der Waals surface area contributed by atoms with Gasteiger partial charge >= 0.3 is 5.97 Å². The highest BCUT2D eigenvalue weighted by molar-refractivity contribution is 7.80. The normalized spacial score (nSPS) is 19.2. The summed E-state index contributed by atoms with van der Waals surface area (Å²) in [7, 11) is 0. The molecule has 80 valence electrons. The molecule has 0 aliphatic heterocycles. The molecule has 0 aromatic rings. The highest BCUT2D eigenvalue weighted by Crippen LogP contribution is 2.24. The second-order valence-electron chi connectivity index (χ2n) is 3.56. The van der Waals surface area contributed by atoms with Crippen molar-refractivity contribution in [3.05, 3.63) is 0 Å². The lowest BCUT2D eigenvalue weighted by Gasteiger charge is -2.15. The standard InChI is InChI=1S/C9H15NO3S/c11-8(6-3-1-2-4-6)10-7(5-14)9(12)13/h6-7,14H,1-5H2,(H,10,11)(H,12,13). The van der Waals surface area contributed by atoms with E-state index in [-0.39, 0.29) is 17.6 Å². The molecule has 1 atom stereocenters. The molecule has 0 bridgehead atoms. The van der Waals surface area contributed by atoms with Gasteiger partial charge in [-0.05, 0) is 12.8 Å². The van der Waals surface area contributed by atoms with Crippen LogP contribution in [-0.2, 0) is 9.59 Å². The molecule has 0 heterocycles. The number of thiol groups is 1. The molecule has 1 fully saturated rings. The zero-order valence-corrected chi connectivity index (χ0v) is 8.80. The molecule has 0 aromatic heterocycles. The Morgan fingerprint density at radius 3 is 2.43 bits per heavy atom. The van der Waals surface area contributed by atoms with Gasteiger partial charge in [-0.2, -0.15) is 12.6 Å². The monoisotopic (exact) mass is 217 g/mol. The molecule has 1 rings (SSSR count). The SMILES string of the molecule is O=C(NC(CS)C(=O)O)C1CCCC1. The lowest BCUT2D eigenvalue weighted by molar-refractivity contribution is -0.141. The summed E-state index contributed by atoms with van der Waals surface area (Å²) in [6.45, 7) is 0. The van der Waals surface area contributed by atoms with E-state index >= 15 is 0 Å². The summed E-state index contributed by atoms with van der Waals surface area (Å²) in [4.78, 5) is 22.1. The van der Waals surface area contributed by atoms with Crippen molar-refractivity contribution in [1.82, 2.24) is 5.32 Å². The van der Waals surface area contributed by atoms with Gasteiger partial charge in [0.25, 0.3) is 0 Å². The molecule has 1 aliphatic carbocycles. The lowest BCUT2D eigenvalue weighted by Crippen LogP contribution is -2.44. The van der Waals surface area contributed by atoms with Gasteiger partial charge in [-0.15, -0.1) is 0 Å². The molecule has 1 amide bonds. The van der Waals surface area contributed by atoms with Gasteiger partial charge in [-0.25, -0.2) is 4.79 Å². The van der Waals surface area contributed by atoms with Crippen LogP contribution in [0.3, 0.4) is 0 Å². The van der Waals surface area contributed by atoms with Gasteiger partial charge in [-0.3, -0.25) is 4.79 Å². The van der Waals surface area contributed by atoms with E-state index in [2.05, 4.69) is 17.9 Å². The van der Waals surface area contributed by atoms with E-state index in [0.29, 0.717) is 0 Å². The Bertz CT molecular complexity index is 226. The van der Waals surface area contributed by atoms with Gasteiger partial charge in [-0.1, -0.05) is 12.8 Å². The van der Waals surface area contributed by atoms with Crippen LogP contribution in [0, 0.1) is 5.92 Å². The van der Waals surface area contributed by atoms with E-state index in [1.165, 1.54) is 0 Å². The molecule has 5 heteroatoms. The summed E-state index contributed by atoms with van der Waals surface area (Å²) in [6, 6.07) is -0.855. The molecule has 2 N–H and O–H groups in total. The van der Waals surface area contributed by atoms with Gasteiger partial charge in [0, 0.05) is 11.7 Å². The first-order chi connectivity index (χ1) is 6.65. The number of carbonyl (C=O) groups is 2. The third kappa shape index (κ3) is 2.90. The molecule has 0 saturated heterocycles. The Morgan fingerprint density at radius 2 is 2.00 bits per heavy atom.